The standard InChI is InChI=1S/C12H19N3O5S/c1-12(2,3)14-10(16)6-13-21(19,20)8-5-9(11(17)18)15(4)7-8/h5,7,13H,6H2,1-4H3,(H,14,16)(H,17,18). The molecular formula is C12H19N3O5S. The summed E-state index contributed by atoms with van der Waals surface area (Å²) < 4.78 is 27.3. The Balaban J connectivity index is 2.81. The van der Waals surface area contributed by atoms with Gasteiger partial charge in [-0.2, -0.15) is 0 Å². The van der Waals surface area contributed by atoms with Crippen molar-refractivity contribution in [3.63, 3.8) is 0 Å². The molecule has 0 saturated heterocycles. The summed E-state index contributed by atoms with van der Waals surface area (Å²) in [5.74, 6) is -1.70. The molecule has 1 aromatic rings. The van der Waals surface area contributed by atoms with Crippen molar-refractivity contribution >= 4 is 21.9 Å². The smallest absolute Gasteiger partial charge is 0.352 e. The normalized spacial score (nSPS) is 12.2. The Bertz CT molecular complexity index is 655. The molecule has 0 saturated carbocycles. The second-order valence-corrected chi connectivity index (χ2v) is 7.37. The third-order valence-electron chi connectivity index (χ3n) is 2.45. The number of aryl methyl sites for hydroxylation is 1. The molecule has 0 aliphatic heterocycles. The summed E-state index contributed by atoms with van der Waals surface area (Å²) in [4.78, 5) is 22.3. The first-order valence-electron chi connectivity index (χ1n) is 6.13. The van der Waals surface area contributed by atoms with Crippen molar-refractivity contribution in [2.45, 2.75) is 31.2 Å². The van der Waals surface area contributed by atoms with E-state index in [0.717, 1.165) is 6.07 Å². The predicted molar refractivity (Wildman–Crippen MR) is 75.5 cm³/mol. The molecular weight excluding hydrogens is 298 g/mol. The number of carboxylic acid groups (broad SMARTS) is 1. The Morgan fingerprint density at radius 3 is 2.33 bits per heavy atom. The van der Waals surface area contributed by atoms with Crippen molar-refractivity contribution < 1.29 is 23.1 Å². The minimum atomic E-state index is -3.94. The zero-order valence-corrected chi connectivity index (χ0v) is 13.1. The van der Waals surface area contributed by atoms with E-state index in [2.05, 4.69) is 10.0 Å². The highest BCUT2D eigenvalue weighted by molar-refractivity contribution is 7.89. The summed E-state index contributed by atoms with van der Waals surface area (Å²) in [5.41, 5.74) is -0.624. The molecule has 1 rings (SSSR count). The number of sulfonamides is 1. The van der Waals surface area contributed by atoms with Crippen LogP contribution >= 0.6 is 0 Å². The number of amides is 1. The molecule has 3 N–H and O–H groups in total. The highest BCUT2D eigenvalue weighted by Gasteiger charge is 2.22. The van der Waals surface area contributed by atoms with Crippen LogP contribution in [0.4, 0.5) is 0 Å². The average Bonchev–Trinajstić information content (AvgIpc) is 2.67. The first-order valence-corrected chi connectivity index (χ1v) is 7.61. The fourth-order valence-electron chi connectivity index (χ4n) is 1.60. The zero-order chi connectivity index (χ0) is 16.4. The maximum Gasteiger partial charge on any atom is 0.352 e. The van der Waals surface area contributed by atoms with Gasteiger partial charge in [-0.25, -0.2) is 17.9 Å². The number of rotatable bonds is 5. The number of nitrogens with zero attached hydrogens (tertiary/aromatic N) is 1. The van der Waals surface area contributed by atoms with Gasteiger partial charge in [-0.15, -0.1) is 0 Å². The van der Waals surface area contributed by atoms with Crippen LogP contribution in [-0.2, 0) is 21.9 Å². The van der Waals surface area contributed by atoms with Gasteiger partial charge < -0.3 is 15.0 Å². The summed E-state index contributed by atoms with van der Waals surface area (Å²) in [7, 11) is -2.52. The number of aromatic nitrogens is 1. The van der Waals surface area contributed by atoms with Gasteiger partial charge in [0, 0.05) is 18.8 Å². The summed E-state index contributed by atoms with van der Waals surface area (Å²) >= 11 is 0. The number of carbonyl (C=O) groups is 2. The summed E-state index contributed by atoms with van der Waals surface area (Å²) in [6.45, 7) is 4.90. The Hall–Kier alpha value is -1.87. The first kappa shape index (κ1) is 17.2. The molecule has 0 radical (unpaired) electrons. The molecule has 0 aliphatic rings. The molecule has 1 amide bonds. The van der Waals surface area contributed by atoms with Crippen molar-refractivity contribution in [1.29, 1.82) is 0 Å². The third-order valence-corrected chi connectivity index (χ3v) is 3.81. The van der Waals surface area contributed by atoms with E-state index in [1.165, 1.54) is 17.8 Å². The fraction of sp³-hybridized carbons (Fsp3) is 0.500. The van der Waals surface area contributed by atoms with Gasteiger partial charge in [0.05, 0.1) is 6.54 Å². The monoisotopic (exact) mass is 317 g/mol. The first-order chi connectivity index (χ1) is 9.42. The molecule has 0 atom stereocenters. The molecule has 0 aliphatic carbocycles. The maximum absolute atomic E-state index is 12.0. The number of aromatic carboxylic acids is 1. The van der Waals surface area contributed by atoms with E-state index in [1.54, 1.807) is 20.8 Å². The number of carbonyl (C=O) groups excluding carboxylic acids is 1. The number of carboxylic acids is 1. The van der Waals surface area contributed by atoms with Gasteiger partial charge >= 0.3 is 5.97 Å². The molecule has 1 heterocycles. The van der Waals surface area contributed by atoms with E-state index in [1.807, 2.05) is 0 Å². The van der Waals surface area contributed by atoms with Gasteiger partial charge in [-0.3, -0.25) is 4.79 Å². The van der Waals surface area contributed by atoms with E-state index >= 15 is 0 Å². The topological polar surface area (TPSA) is 118 Å². The fourth-order valence-corrected chi connectivity index (χ4v) is 2.65. The minimum absolute atomic E-state index is 0.158. The highest BCUT2D eigenvalue weighted by atomic mass is 32.2. The van der Waals surface area contributed by atoms with Gasteiger partial charge in [0.15, 0.2) is 0 Å². The van der Waals surface area contributed by atoms with Crippen LogP contribution in [0.3, 0.4) is 0 Å². The Morgan fingerprint density at radius 2 is 1.90 bits per heavy atom. The molecule has 1 aromatic heterocycles. The molecule has 21 heavy (non-hydrogen) atoms. The number of hydrogen-bond donors (Lipinski definition) is 3. The predicted octanol–water partition coefficient (Wildman–Crippen LogP) is -0.0837. The Kier molecular flexibility index (Phi) is 4.79. The Morgan fingerprint density at radius 1 is 1.33 bits per heavy atom. The molecule has 9 heteroatoms. The van der Waals surface area contributed by atoms with Crippen LogP contribution in [0.5, 0.6) is 0 Å². The van der Waals surface area contributed by atoms with Crippen LogP contribution in [0.1, 0.15) is 31.3 Å². The van der Waals surface area contributed by atoms with Gasteiger partial charge in [-0.1, -0.05) is 0 Å². The van der Waals surface area contributed by atoms with E-state index < -0.39 is 34.0 Å². The molecule has 0 aromatic carbocycles. The van der Waals surface area contributed by atoms with Gasteiger partial charge in [0.1, 0.15) is 10.6 Å². The molecule has 118 valence electrons. The molecule has 0 fully saturated rings. The molecule has 0 spiro atoms. The zero-order valence-electron chi connectivity index (χ0n) is 12.3. The van der Waals surface area contributed by atoms with E-state index in [4.69, 9.17) is 5.11 Å². The molecule has 8 nitrogen and oxygen atoms in total. The summed E-state index contributed by atoms with van der Waals surface area (Å²) in [6, 6.07) is 1.03. The second-order valence-electron chi connectivity index (χ2n) is 5.60. The third kappa shape index (κ3) is 4.87. The van der Waals surface area contributed by atoms with Crippen molar-refractivity contribution in [2.24, 2.45) is 7.05 Å². The van der Waals surface area contributed by atoms with Crippen molar-refractivity contribution in [3.8, 4) is 0 Å². The van der Waals surface area contributed by atoms with Gasteiger partial charge in [0.25, 0.3) is 0 Å². The maximum atomic E-state index is 12.0. The quantitative estimate of drug-likeness (QED) is 0.702. The largest absolute Gasteiger partial charge is 0.477 e. The van der Waals surface area contributed by atoms with Crippen LogP contribution in [0.15, 0.2) is 17.2 Å². The van der Waals surface area contributed by atoms with Crippen molar-refractivity contribution in [2.75, 3.05) is 6.54 Å². The highest BCUT2D eigenvalue weighted by Crippen LogP contribution is 2.13. The minimum Gasteiger partial charge on any atom is -0.477 e. The average molecular weight is 317 g/mol. The molecule has 0 unspecified atom stereocenters. The SMILES string of the molecule is Cn1cc(S(=O)(=O)NCC(=O)NC(C)(C)C)cc1C(=O)O. The second kappa shape index (κ2) is 5.86. The lowest BCUT2D eigenvalue weighted by Gasteiger charge is -2.20. The van der Waals surface area contributed by atoms with Gasteiger partial charge in [-0.05, 0) is 26.8 Å². The lowest BCUT2D eigenvalue weighted by molar-refractivity contribution is -0.121. The van der Waals surface area contributed by atoms with E-state index in [9.17, 15) is 18.0 Å². The van der Waals surface area contributed by atoms with Crippen molar-refractivity contribution in [1.82, 2.24) is 14.6 Å². The lowest BCUT2D eigenvalue weighted by atomic mass is 10.1. The van der Waals surface area contributed by atoms with Gasteiger partial charge in [0.2, 0.25) is 15.9 Å². The van der Waals surface area contributed by atoms with E-state index in [-0.39, 0.29) is 10.6 Å². The molecule has 0 bridgehead atoms. The Labute approximate surface area is 123 Å². The van der Waals surface area contributed by atoms with Crippen molar-refractivity contribution in [3.05, 3.63) is 18.0 Å². The lowest BCUT2D eigenvalue weighted by Crippen LogP contribution is -2.45. The summed E-state index contributed by atoms with van der Waals surface area (Å²) in [6.07, 6.45) is 1.17. The van der Waals surface area contributed by atoms with Crippen LogP contribution < -0.4 is 10.0 Å². The number of nitrogens with one attached hydrogen (secondary N) is 2. The van der Waals surface area contributed by atoms with Crippen LogP contribution in [-0.4, -0.2) is 42.1 Å². The number of hydrogen-bond acceptors (Lipinski definition) is 4. The van der Waals surface area contributed by atoms with Crippen LogP contribution in [0.2, 0.25) is 0 Å². The van der Waals surface area contributed by atoms with Crippen LogP contribution in [0, 0.1) is 0 Å². The van der Waals surface area contributed by atoms with Crippen LogP contribution in [0.25, 0.3) is 0 Å². The summed E-state index contributed by atoms with van der Waals surface area (Å²) in [5, 5.41) is 11.5. The van der Waals surface area contributed by atoms with E-state index in [0.29, 0.717) is 0 Å².